The van der Waals surface area contributed by atoms with Crippen molar-refractivity contribution in [2.24, 2.45) is 5.73 Å². The van der Waals surface area contributed by atoms with Crippen LogP contribution in [0.5, 0.6) is 0 Å². The molecule has 1 aliphatic carbocycles. The van der Waals surface area contributed by atoms with Gasteiger partial charge in [-0.05, 0) is 54.2 Å². The molecule has 0 aromatic heterocycles. The Morgan fingerprint density at radius 2 is 1.87 bits per heavy atom. The highest BCUT2D eigenvalue weighted by molar-refractivity contribution is 5.98. The lowest BCUT2D eigenvalue weighted by Crippen LogP contribution is -2.48. The second-order valence-electron chi connectivity index (χ2n) is 6.33. The first-order valence-corrected chi connectivity index (χ1v) is 7.83. The number of nitrogens with one attached hydrogen (secondary N) is 1. The van der Waals surface area contributed by atoms with Gasteiger partial charge in [0.25, 0.3) is 0 Å². The zero-order valence-electron chi connectivity index (χ0n) is 13.6. The van der Waals surface area contributed by atoms with Crippen LogP contribution < -0.4 is 11.1 Å². The number of amides is 1. The highest BCUT2D eigenvalue weighted by atomic mass is 35.5. The summed E-state index contributed by atoms with van der Waals surface area (Å²) in [7, 11) is 0. The third kappa shape index (κ3) is 3.41. The second-order valence-corrected chi connectivity index (χ2v) is 6.33. The number of rotatable bonds is 4. The third-order valence-corrected chi connectivity index (χ3v) is 4.34. The first-order valence-electron chi connectivity index (χ1n) is 7.83. The molecular formula is C19H23ClN2O. The van der Waals surface area contributed by atoms with Gasteiger partial charge < -0.3 is 11.1 Å². The van der Waals surface area contributed by atoms with E-state index in [0.717, 1.165) is 18.5 Å². The molecule has 3 nitrogen and oxygen atoms in total. The fraction of sp³-hybridized carbons (Fsp3) is 0.316. The number of benzene rings is 2. The smallest absolute Gasteiger partial charge is 0.244 e. The fourth-order valence-electron chi connectivity index (χ4n) is 3.13. The molecule has 3 rings (SSSR count). The number of nitrogens with two attached hydrogens (primary N) is 1. The summed E-state index contributed by atoms with van der Waals surface area (Å²) in [5, 5.41) is 2.96. The van der Waals surface area contributed by atoms with Crippen molar-refractivity contribution in [3.8, 4) is 11.1 Å². The van der Waals surface area contributed by atoms with E-state index < -0.39 is 5.54 Å². The van der Waals surface area contributed by atoms with Crippen LogP contribution in [-0.2, 0) is 11.2 Å². The lowest BCUT2D eigenvalue weighted by molar-refractivity contribution is -0.120. The lowest BCUT2D eigenvalue weighted by Gasteiger charge is -2.23. The number of hydrogen-bond acceptors (Lipinski definition) is 2. The van der Waals surface area contributed by atoms with E-state index in [9.17, 15) is 4.79 Å². The zero-order valence-corrected chi connectivity index (χ0v) is 14.4. The Morgan fingerprint density at radius 3 is 2.61 bits per heavy atom. The number of carbonyl (C=O) groups excluding carboxylic acids is 1. The quantitative estimate of drug-likeness (QED) is 0.755. The topological polar surface area (TPSA) is 55.1 Å². The summed E-state index contributed by atoms with van der Waals surface area (Å²) in [6, 6.07) is 14.6. The van der Waals surface area contributed by atoms with Crippen molar-refractivity contribution in [1.82, 2.24) is 0 Å². The van der Waals surface area contributed by atoms with Crippen LogP contribution in [0.2, 0.25) is 0 Å². The van der Waals surface area contributed by atoms with Gasteiger partial charge in [-0.3, -0.25) is 4.79 Å². The molecule has 0 spiro atoms. The molecule has 1 aliphatic rings. The predicted octanol–water partition coefficient (Wildman–Crippen LogP) is 4.14. The lowest BCUT2D eigenvalue weighted by atomic mass is 9.96. The Balaban J connectivity index is 0.00000192. The molecule has 0 saturated carbocycles. The normalized spacial score (nSPS) is 14.2. The van der Waals surface area contributed by atoms with Crippen LogP contribution in [0, 0.1) is 0 Å². The summed E-state index contributed by atoms with van der Waals surface area (Å²) in [5.41, 5.74) is 11.2. The largest absolute Gasteiger partial charge is 0.324 e. The number of carbonyl (C=O) groups is 1. The molecular weight excluding hydrogens is 308 g/mol. The summed E-state index contributed by atoms with van der Waals surface area (Å²) >= 11 is 0. The molecule has 4 heteroatoms. The van der Waals surface area contributed by atoms with Gasteiger partial charge in [0, 0.05) is 5.69 Å². The van der Waals surface area contributed by atoms with Gasteiger partial charge in [-0.25, -0.2) is 0 Å². The van der Waals surface area contributed by atoms with Gasteiger partial charge in [-0.2, -0.15) is 0 Å². The Hall–Kier alpha value is -1.84. The van der Waals surface area contributed by atoms with Crippen LogP contribution in [-0.4, -0.2) is 11.4 Å². The number of hydrogen-bond donors (Lipinski definition) is 2. The summed E-state index contributed by atoms with van der Waals surface area (Å²) in [6.07, 6.45) is 2.49. The molecule has 3 N–H and O–H groups in total. The molecule has 23 heavy (non-hydrogen) atoms. The van der Waals surface area contributed by atoms with Crippen LogP contribution in [0.1, 0.15) is 37.8 Å². The van der Waals surface area contributed by atoms with E-state index in [-0.39, 0.29) is 18.3 Å². The number of anilines is 1. The van der Waals surface area contributed by atoms with E-state index in [4.69, 9.17) is 5.73 Å². The summed E-state index contributed by atoms with van der Waals surface area (Å²) in [6.45, 7) is 3.82. The molecule has 1 unspecified atom stereocenters. The summed E-state index contributed by atoms with van der Waals surface area (Å²) < 4.78 is 0. The monoisotopic (exact) mass is 330 g/mol. The minimum Gasteiger partial charge on any atom is -0.324 e. The zero-order chi connectivity index (χ0) is 15.7. The number of halogens is 1. The maximum absolute atomic E-state index is 12.3. The van der Waals surface area contributed by atoms with Crippen molar-refractivity contribution < 1.29 is 4.79 Å². The van der Waals surface area contributed by atoms with Gasteiger partial charge >= 0.3 is 0 Å². The average Bonchev–Trinajstić information content (AvgIpc) is 2.84. The van der Waals surface area contributed by atoms with Crippen molar-refractivity contribution in [2.45, 2.75) is 38.6 Å². The van der Waals surface area contributed by atoms with Gasteiger partial charge in [0.1, 0.15) is 0 Å². The molecule has 0 heterocycles. The summed E-state index contributed by atoms with van der Waals surface area (Å²) in [5.74, 6) is -0.121. The summed E-state index contributed by atoms with van der Waals surface area (Å²) in [4.78, 5) is 12.3. The molecule has 2 aromatic rings. The van der Waals surface area contributed by atoms with Gasteiger partial charge in [-0.15, -0.1) is 12.4 Å². The maximum atomic E-state index is 12.3. The molecule has 0 aliphatic heterocycles. The van der Waals surface area contributed by atoms with Crippen LogP contribution >= 0.6 is 12.4 Å². The van der Waals surface area contributed by atoms with E-state index in [1.54, 1.807) is 6.92 Å². The van der Waals surface area contributed by atoms with Crippen molar-refractivity contribution >= 4 is 24.0 Å². The first-order chi connectivity index (χ1) is 10.5. The highest BCUT2D eigenvalue weighted by Crippen LogP contribution is 2.37. The van der Waals surface area contributed by atoms with E-state index in [1.807, 2.05) is 13.0 Å². The Morgan fingerprint density at radius 1 is 1.17 bits per heavy atom. The van der Waals surface area contributed by atoms with Crippen molar-refractivity contribution in [1.29, 1.82) is 0 Å². The number of fused-ring (bicyclic) bond motifs is 3. The van der Waals surface area contributed by atoms with Crippen LogP contribution in [0.3, 0.4) is 0 Å². The van der Waals surface area contributed by atoms with Gasteiger partial charge in [-0.1, -0.05) is 43.7 Å². The third-order valence-electron chi connectivity index (χ3n) is 4.34. The van der Waals surface area contributed by atoms with Crippen molar-refractivity contribution in [3.63, 3.8) is 0 Å². The minimum atomic E-state index is -0.823. The SMILES string of the molecule is CCCC(C)(N)C(=O)Nc1ccc2c(c1)Cc1ccccc1-2.Cl. The predicted molar refractivity (Wildman–Crippen MR) is 98.1 cm³/mol. The van der Waals surface area contributed by atoms with Crippen LogP contribution in [0.15, 0.2) is 42.5 Å². The van der Waals surface area contributed by atoms with Gasteiger partial charge in [0.2, 0.25) is 5.91 Å². The van der Waals surface area contributed by atoms with E-state index in [0.29, 0.717) is 6.42 Å². The highest BCUT2D eigenvalue weighted by Gasteiger charge is 2.27. The molecule has 0 saturated heterocycles. The Bertz CT molecular complexity index is 725. The Kier molecular flexibility index (Phi) is 5.12. The van der Waals surface area contributed by atoms with Gasteiger partial charge in [0.15, 0.2) is 0 Å². The van der Waals surface area contributed by atoms with E-state index >= 15 is 0 Å². The molecule has 122 valence electrons. The van der Waals surface area contributed by atoms with Crippen molar-refractivity contribution in [3.05, 3.63) is 53.6 Å². The van der Waals surface area contributed by atoms with Crippen LogP contribution in [0.4, 0.5) is 5.69 Å². The minimum absolute atomic E-state index is 0. The molecule has 1 amide bonds. The average molecular weight is 331 g/mol. The maximum Gasteiger partial charge on any atom is 0.244 e. The van der Waals surface area contributed by atoms with Crippen LogP contribution in [0.25, 0.3) is 11.1 Å². The Labute approximate surface area is 143 Å². The molecule has 1 atom stereocenters. The molecule has 0 bridgehead atoms. The molecule has 2 aromatic carbocycles. The van der Waals surface area contributed by atoms with Crippen molar-refractivity contribution in [2.75, 3.05) is 5.32 Å². The van der Waals surface area contributed by atoms with Gasteiger partial charge in [0.05, 0.1) is 5.54 Å². The second kappa shape index (κ2) is 6.73. The fourth-order valence-corrected chi connectivity index (χ4v) is 3.13. The molecule has 0 fully saturated rings. The first kappa shape index (κ1) is 17.5. The van der Waals surface area contributed by atoms with E-state index in [2.05, 4.69) is 41.7 Å². The standard InChI is InChI=1S/C19H22N2O.ClH/c1-3-10-19(2,20)18(22)21-15-8-9-17-14(12-15)11-13-6-4-5-7-16(13)17;/h4-9,12H,3,10-11,20H2,1-2H3,(H,21,22);1H. The van der Waals surface area contributed by atoms with E-state index in [1.165, 1.54) is 22.3 Å². The molecule has 0 radical (unpaired) electrons.